The summed E-state index contributed by atoms with van der Waals surface area (Å²) in [5, 5.41) is 10.6. The summed E-state index contributed by atoms with van der Waals surface area (Å²) in [4.78, 5) is 16.0. The number of pyridine rings is 1. The standard InChI is InChI=1S/C21H19NO2/c23-21(24)18-10-9-15(13-19(18)14-5-1-2-6-14)16-11-12-22-20-8-4-3-7-17(16)20/h3-4,7-14H,1-2,5-6H2,(H,23,24). The minimum Gasteiger partial charge on any atom is -0.478 e. The maximum Gasteiger partial charge on any atom is 0.335 e. The van der Waals surface area contributed by atoms with Crippen LogP contribution < -0.4 is 0 Å². The number of hydrogen-bond donors (Lipinski definition) is 1. The Morgan fingerprint density at radius 2 is 1.83 bits per heavy atom. The van der Waals surface area contributed by atoms with Crippen LogP contribution in [-0.4, -0.2) is 16.1 Å². The van der Waals surface area contributed by atoms with Crippen molar-refractivity contribution in [2.75, 3.05) is 0 Å². The van der Waals surface area contributed by atoms with Crippen molar-refractivity contribution in [1.29, 1.82) is 0 Å². The maximum absolute atomic E-state index is 11.6. The van der Waals surface area contributed by atoms with Crippen LogP contribution in [0, 0.1) is 0 Å². The van der Waals surface area contributed by atoms with Crippen LogP contribution in [0.5, 0.6) is 0 Å². The van der Waals surface area contributed by atoms with E-state index < -0.39 is 5.97 Å². The van der Waals surface area contributed by atoms with Gasteiger partial charge in [-0.1, -0.05) is 37.1 Å². The third-order valence-electron chi connectivity index (χ3n) is 5.04. The van der Waals surface area contributed by atoms with Crippen molar-refractivity contribution in [1.82, 2.24) is 4.98 Å². The van der Waals surface area contributed by atoms with Crippen LogP contribution in [0.15, 0.2) is 54.7 Å². The highest BCUT2D eigenvalue weighted by molar-refractivity contribution is 5.96. The molecule has 120 valence electrons. The van der Waals surface area contributed by atoms with Gasteiger partial charge < -0.3 is 5.11 Å². The predicted octanol–water partition coefficient (Wildman–Crippen LogP) is 5.26. The van der Waals surface area contributed by atoms with E-state index in [9.17, 15) is 9.90 Å². The Bertz CT molecular complexity index is 905. The number of aromatic nitrogens is 1. The molecule has 0 amide bonds. The predicted molar refractivity (Wildman–Crippen MR) is 95.3 cm³/mol. The first-order chi connectivity index (χ1) is 11.7. The Balaban J connectivity index is 1.89. The monoisotopic (exact) mass is 317 g/mol. The fourth-order valence-electron chi connectivity index (χ4n) is 3.85. The number of carboxylic acids is 1. The van der Waals surface area contributed by atoms with E-state index in [0.717, 1.165) is 40.4 Å². The zero-order valence-corrected chi connectivity index (χ0v) is 13.4. The topological polar surface area (TPSA) is 50.2 Å². The van der Waals surface area contributed by atoms with E-state index >= 15 is 0 Å². The van der Waals surface area contributed by atoms with Gasteiger partial charge in [-0.25, -0.2) is 4.79 Å². The molecule has 0 aliphatic heterocycles. The van der Waals surface area contributed by atoms with Crippen molar-refractivity contribution in [3.8, 4) is 11.1 Å². The summed E-state index contributed by atoms with van der Waals surface area (Å²) in [5.74, 6) is -0.466. The molecular weight excluding hydrogens is 298 g/mol. The van der Waals surface area contributed by atoms with Gasteiger partial charge in [-0.2, -0.15) is 0 Å². The summed E-state index contributed by atoms with van der Waals surface area (Å²) in [5.41, 5.74) is 4.57. The second-order valence-electron chi connectivity index (χ2n) is 6.46. The van der Waals surface area contributed by atoms with Gasteiger partial charge in [0.05, 0.1) is 11.1 Å². The molecule has 0 unspecified atom stereocenters. The number of fused-ring (bicyclic) bond motifs is 1. The van der Waals surface area contributed by atoms with Gasteiger partial charge in [0.2, 0.25) is 0 Å². The van der Waals surface area contributed by atoms with Gasteiger partial charge in [0.15, 0.2) is 0 Å². The number of carboxylic acid groups (broad SMARTS) is 1. The highest BCUT2D eigenvalue weighted by Gasteiger charge is 2.23. The van der Waals surface area contributed by atoms with Crippen LogP contribution in [0.3, 0.4) is 0 Å². The molecule has 0 spiro atoms. The van der Waals surface area contributed by atoms with Crippen LogP contribution in [0.2, 0.25) is 0 Å². The maximum atomic E-state index is 11.6. The van der Waals surface area contributed by atoms with Gasteiger partial charge in [-0.3, -0.25) is 4.98 Å². The third kappa shape index (κ3) is 2.56. The largest absolute Gasteiger partial charge is 0.478 e. The average Bonchev–Trinajstić information content (AvgIpc) is 3.15. The molecule has 0 bridgehead atoms. The number of para-hydroxylation sites is 1. The van der Waals surface area contributed by atoms with E-state index in [2.05, 4.69) is 17.1 Å². The molecule has 0 atom stereocenters. The molecule has 24 heavy (non-hydrogen) atoms. The molecule has 1 aliphatic rings. The molecule has 0 radical (unpaired) electrons. The first-order valence-corrected chi connectivity index (χ1v) is 8.45. The molecule has 0 saturated heterocycles. The smallest absolute Gasteiger partial charge is 0.335 e. The number of carbonyl (C=O) groups is 1. The Labute approximate surface area is 141 Å². The van der Waals surface area contributed by atoms with Crippen LogP contribution in [0.1, 0.15) is 47.5 Å². The van der Waals surface area contributed by atoms with Crippen molar-refractivity contribution >= 4 is 16.9 Å². The fraction of sp³-hybridized carbons (Fsp3) is 0.238. The zero-order chi connectivity index (χ0) is 16.5. The Hall–Kier alpha value is -2.68. The van der Waals surface area contributed by atoms with Crippen LogP contribution in [0.25, 0.3) is 22.0 Å². The van der Waals surface area contributed by atoms with Crippen LogP contribution in [-0.2, 0) is 0 Å². The summed E-state index contributed by atoms with van der Waals surface area (Å²) in [6, 6.07) is 15.8. The van der Waals surface area contributed by atoms with Crippen molar-refractivity contribution in [3.63, 3.8) is 0 Å². The SMILES string of the molecule is O=C(O)c1ccc(-c2ccnc3ccccc23)cc1C1CCCC1. The van der Waals surface area contributed by atoms with E-state index in [0.29, 0.717) is 11.5 Å². The minimum absolute atomic E-state index is 0.365. The molecule has 3 heteroatoms. The number of benzene rings is 2. The lowest BCUT2D eigenvalue weighted by atomic mass is 9.89. The molecule has 2 aromatic carbocycles. The second kappa shape index (κ2) is 6.08. The molecule has 1 aliphatic carbocycles. The van der Waals surface area contributed by atoms with Gasteiger partial charge in [-0.15, -0.1) is 0 Å². The van der Waals surface area contributed by atoms with Crippen LogP contribution in [0.4, 0.5) is 0 Å². The molecule has 1 fully saturated rings. The third-order valence-corrected chi connectivity index (χ3v) is 5.04. The van der Waals surface area contributed by atoms with Crippen LogP contribution >= 0.6 is 0 Å². The Kier molecular flexibility index (Phi) is 3.77. The molecule has 1 aromatic heterocycles. The zero-order valence-electron chi connectivity index (χ0n) is 13.4. The van der Waals surface area contributed by atoms with E-state index in [1.807, 2.05) is 36.5 Å². The van der Waals surface area contributed by atoms with Gasteiger partial charge in [0.25, 0.3) is 0 Å². The molecular formula is C21H19NO2. The van der Waals surface area contributed by atoms with E-state index in [-0.39, 0.29) is 0 Å². The quantitative estimate of drug-likeness (QED) is 0.717. The van der Waals surface area contributed by atoms with E-state index in [1.165, 1.54) is 12.8 Å². The number of rotatable bonds is 3. The average molecular weight is 317 g/mol. The minimum atomic E-state index is -0.831. The van der Waals surface area contributed by atoms with E-state index in [4.69, 9.17) is 0 Å². The summed E-state index contributed by atoms with van der Waals surface area (Å²) in [6.07, 6.45) is 6.36. The summed E-state index contributed by atoms with van der Waals surface area (Å²) in [7, 11) is 0. The Morgan fingerprint density at radius 3 is 2.62 bits per heavy atom. The fourth-order valence-corrected chi connectivity index (χ4v) is 3.85. The summed E-state index contributed by atoms with van der Waals surface area (Å²) in [6.45, 7) is 0. The highest BCUT2D eigenvalue weighted by atomic mass is 16.4. The second-order valence-corrected chi connectivity index (χ2v) is 6.46. The lowest BCUT2D eigenvalue weighted by Crippen LogP contribution is -2.05. The molecule has 1 heterocycles. The van der Waals surface area contributed by atoms with Crippen molar-refractivity contribution in [2.24, 2.45) is 0 Å². The van der Waals surface area contributed by atoms with Gasteiger partial charge in [-0.05, 0) is 59.7 Å². The van der Waals surface area contributed by atoms with E-state index in [1.54, 1.807) is 6.07 Å². The highest BCUT2D eigenvalue weighted by Crippen LogP contribution is 2.38. The lowest BCUT2D eigenvalue weighted by molar-refractivity contribution is 0.0695. The molecule has 1 N–H and O–H groups in total. The van der Waals surface area contributed by atoms with Crippen molar-refractivity contribution in [3.05, 3.63) is 65.9 Å². The van der Waals surface area contributed by atoms with Gasteiger partial charge in [0, 0.05) is 11.6 Å². The summed E-state index contributed by atoms with van der Waals surface area (Å²) < 4.78 is 0. The molecule has 1 saturated carbocycles. The van der Waals surface area contributed by atoms with Gasteiger partial charge >= 0.3 is 5.97 Å². The number of aromatic carboxylic acids is 1. The van der Waals surface area contributed by atoms with Gasteiger partial charge in [0.1, 0.15) is 0 Å². The number of nitrogens with zero attached hydrogens (tertiary/aromatic N) is 1. The van der Waals surface area contributed by atoms with Crippen molar-refractivity contribution in [2.45, 2.75) is 31.6 Å². The normalized spacial score (nSPS) is 15.0. The first-order valence-electron chi connectivity index (χ1n) is 8.45. The van der Waals surface area contributed by atoms with Crippen molar-refractivity contribution < 1.29 is 9.90 Å². The molecule has 4 rings (SSSR count). The first kappa shape index (κ1) is 14.9. The molecule has 3 nitrogen and oxygen atoms in total. The number of hydrogen-bond acceptors (Lipinski definition) is 2. The molecule has 3 aromatic rings. The summed E-state index contributed by atoms with van der Waals surface area (Å²) >= 11 is 0. The lowest BCUT2D eigenvalue weighted by Gasteiger charge is -2.15. The Morgan fingerprint density at radius 1 is 1.04 bits per heavy atom.